The van der Waals surface area contributed by atoms with Gasteiger partial charge in [0, 0.05) is 18.8 Å². The van der Waals surface area contributed by atoms with Gasteiger partial charge >= 0.3 is 0 Å². The zero-order chi connectivity index (χ0) is 11.3. The van der Waals surface area contributed by atoms with Crippen LogP contribution >= 0.6 is 0 Å². The van der Waals surface area contributed by atoms with Gasteiger partial charge in [0.05, 0.1) is 6.04 Å². The fourth-order valence-corrected chi connectivity index (χ4v) is 1.62. The molecule has 0 aromatic heterocycles. The Labute approximate surface area is 90.9 Å². The van der Waals surface area contributed by atoms with E-state index in [0.717, 1.165) is 12.8 Å². The minimum Gasteiger partial charge on any atom is -0.381 e. The van der Waals surface area contributed by atoms with Gasteiger partial charge in [-0.25, -0.2) is 0 Å². The van der Waals surface area contributed by atoms with Crippen LogP contribution in [-0.4, -0.2) is 30.7 Å². The van der Waals surface area contributed by atoms with Crippen LogP contribution in [0.25, 0.3) is 0 Å². The largest absolute Gasteiger partial charge is 0.381 e. The minimum atomic E-state index is -0.484. The molecule has 0 aromatic rings. The molecule has 1 amide bonds. The monoisotopic (exact) mass is 212 g/mol. The first kappa shape index (κ1) is 12.2. The topological polar surface area (TPSA) is 64.4 Å². The molecular formula is C11H20N2O2. The Morgan fingerprint density at radius 3 is 2.80 bits per heavy atom. The second-order valence-corrected chi connectivity index (χ2v) is 4.29. The highest BCUT2D eigenvalue weighted by Gasteiger charge is 2.30. The number of rotatable bonds is 4. The maximum absolute atomic E-state index is 11.7. The number of hydrogen-bond donors (Lipinski definition) is 2. The molecule has 1 aliphatic heterocycles. The lowest BCUT2D eigenvalue weighted by Gasteiger charge is -2.35. The predicted octanol–water partition coefficient (Wildman–Crippen LogP) is 0.575. The molecule has 0 aromatic carbocycles. The molecule has 1 aliphatic rings. The molecule has 1 heterocycles. The quantitative estimate of drug-likeness (QED) is 0.670. The highest BCUT2D eigenvalue weighted by Crippen LogP contribution is 2.19. The van der Waals surface area contributed by atoms with Crippen molar-refractivity contribution in [1.82, 2.24) is 5.32 Å². The molecule has 15 heavy (non-hydrogen) atoms. The van der Waals surface area contributed by atoms with Crippen molar-refractivity contribution >= 4 is 5.91 Å². The van der Waals surface area contributed by atoms with Crippen LogP contribution in [0.4, 0.5) is 0 Å². The van der Waals surface area contributed by atoms with E-state index in [1.165, 1.54) is 0 Å². The van der Waals surface area contributed by atoms with Crippen molar-refractivity contribution in [3.63, 3.8) is 0 Å². The van der Waals surface area contributed by atoms with Crippen molar-refractivity contribution in [3.05, 3.63) is 12.7 Å². The number of hydrogen-bond acceptors (Lipinski definition) is 3. The Balaban J connectivity index is 2.44. The smallest absolute Gasteiger partial charge is 0.237 e. The summed E-state index contributed by atoms with van der Waals surface area (Å²) in [4.78, 5) is 11.7. The lowest BCUT2D eigenvalue weighted by molar-refractivity contribution is -0.125. The number of carbonyl (C=O) groups excluding carboxylic acids is 1. The number of nitrogens with two attached hydrogens (primary N) is 1. The summed E-state index contributed by atoms with van der Waals surface area (Å²) in [5.74, 6) is -0.0979. The van der Waals surface area contributed by atoms with E-state index >= 15 is 0 Å². The molecule has 4 nitrogen and oxygen atoms in total. The molecule has 4 heteroatoms. The van der Waals surface area contributed by atoms with E-state index < -0.39 is 6.04 Å². The zero-order valence-corrected chi connectivity index (χ0v) is 9.29. The van der Waals surface area contributed by atoms with Gasteiger partial charge in [0.25, 0.3) is 0 Å². The maximum atomic E-state index is 11.7. The zero-order valence-electron chi connectivity index (χ0n) is 9.29. The highest BCUT2D eigenvalue weighted by molar-refractivity contribution is 5.82. The summed E-state index contributed by atoms with van der Waals surface area (Å²) in [5.41, 5.74) is 5.53. The van der Waals surface area contributed by atoms with Crippen LogP contribution in [0.5, 0.6) is 0 Å². The number of amides is 1. The molecule has 86 valence electrons. The Kier molecular flexibility index (Phi) is 4.29. The third kappa shape index (κ3) is 3.64. The van der Waals surface area contributed by atoms with E-state index in [-0.39, 0.29) is 11.4 Å². The van der Waals surface area contributed by atoms with Crippen LogP contribution in [0.2, 0.25) is 0 Å². The van der Waals surface area contributed by atoms with Crippen molar-refractivity contribution in [2.24, 2.45) is 5.73 Å². The van der Waals surface area contributed by atoms with Crippen LogP contribution in [0.1, 0.15) is 26.2 Å². The second kappa shape index (κ2) is 5.28. The van der Waals surface area contributed by atoms with Crippen molar-refractivity contribution in [1.29, 1.82) is 0 Å². The molecular weight excluding hydrogens is 192 g/mol. The molecule has 0 aliphatic carbocycles. The van der Waals surface area contributed by atoms with Gasteiger partial charge in [0.2, 0.25) is 5.91 Å². The van der Waals surface area contributed by atoms with Crippen molar-refractivity contribution in [2.75, 3.05) is 13.2 Å². The van der Waals surface area contributed by atoms with Gasteiger partial charge in [0.1, 0.15) is 0 Å². The van der Waals surface area contributed by atoms with Crippen LogP contribution in [0.3, 0.4) is 0 Å². The Morgan fingerprint density at radius 1 is 1.67 bits per heavy atom. The maximum Gasteiger partial charge on any atom is 0.237 e. The van der Waals surface area contributed by atoms with E-state index in [4.69, 9.17) is 10.5 Å². The Morgan fingerprint density at radius 2 is 2.27 bits per heavy atom. The van der Waals surface area contributed by atoms with E-state index in [1.807, 2.05) is 6.92 Å². The van der Waals surface area contributed by atoms with Gasteiger partial charge in [-0.2, -0.15) is 0 Å². The molecule has 3 N–H and O–H groups in total. The second-order valence-electron chi connectivity index (χ2n) is 4.29. The Bertz CT molecular complexity index is 235. The average molecular weight is 212 g/mol. The van der Waals surface area contributed by atoms with Crippen LogP contribution in [0.15, 0.2) is 12.7 Å². The third-order valence-electron chi connectivity index (χ3n) is 2.78. The van der Waals surface area contributed by atoms with Gasteiger partial charge in [-0.05, 0) is 26.2 Å². The fourth-order valence-electron chi connectivity index (χ4n) is 1.62. The lowest BCUT2D eigenvalue weighted by atomic mass is 9.92. The van der Waals surface area contributed by atoms with Crippen molar-refractivity contribution in [3.8, 4) is 0 Å². The molecule has 0 bridgehead atoms. The summed E-state index contributed by atoms with van der Waals surface area (Å²) in [7, 11) is 0. The number of carbonyl (C=O) groups is 1. The van der Waals surface area contributed by atoms with Crippen LogP contribution in [0, 0.1) is 0 Å². The molecule has 1 atom stereocenters. The van der Waals surface area contributed by atoms with Gasteiger partial charge in [0.15, 0.2) is 0 Å². The van der Waals surface area contributed by atoms with Crippen molar-refractivity contribution in [2.45, 2.75) is 37.8 Å². The molecule has 0 radical (unpaired) electrons. The van der Waals surface area contributed by atoms with E-state index in [0.29, 0.717) is 19.6 Å². The Hall–Kier alpha value is -0.870. The van der Waals surface area contributed by atoms with Crippen molar-refractivity contribution < 1.29 is 9.53 Å². The minimum absolute atomic E-state index is 0.0979. The molecule has 0 spiro atoms. The molecule has 1 saturated heterocycles. The first-order valence-corrected chi connectivity index (χ1v) is 5.34. The standard InChI is InChI=1S/C11H20N2O2/c1-3-4-9(12)10(14)13-11(2)5-7-15-8-6-11/h3,9H,1,4-8,12H2,2H3,(H,13,14). The first-order chi connectivity index (χ1) is 7.07. The summed E-state index contributed by atoms with van der Waals surface area (Å²) in [6, 6.07) is -0.484. The average Bonchev–Trinajstić information content (AvgIpc) is 2.18. The summed E-state index contributed by atoms with van der Waals surface area (Å²) in [5, 5.41) is 2.99. The fraction of sp³-hybridized carbons (Fsp3) is 0.727. The molecule has 1 rings (SSSR count). The highest BCUT2D eigenvalue weighted by atomic mass is 16.5. The molecule has 0 saturated carbocycles. The van der Waals surface area contributed by atoms with Gasteiger partial charge in [-0.1, -0.05) is 6.08 Å². The van der Waals surface area contributed by atoms with Crippen LogP contribution in [-0.2, 0) is 9.53 Å². The van der Waals surface area contributed by atoms with E-state index in [2.05, 4.69) is 11.9 Å². The summed E-state index contributed by atoms with van der Waals surface area (Å²) in [6.45, 7) is 7.01. The van der Waals surface area contributed by atoms with Gasteiger partial charge in [-0.15, -0.1) is 6.58 Å². The summed E-state index contributed by atoms with van der Waals surface area (Å²) >= 11 is 0. The summed E-state index contributed by atoms with van der Waals surface area (Å²) < 4.78 is 5.26. The number of ether oxygens (including phenoxy) is 1. The first-order valence-electron chi connectivity index (χ1n) is 5.34. The van der Waals surface area contributed by atoms with E-state index in [1.54, 1.807) is 6.08 Å². The van der Waals surface area contributed by atoms with Gasteiger partial charge < -0.3 is 15.8 Å². The molecule has 1 unspecified atom stereocenters. The van der Waals surface area contributed by atoms with Gasteiger partial charge in [-0.3, -0.25) is 4.79 Å². The predicted molar refractivity (Wildman–Crippen MR) is 59.4 cm³/mol. The third-order valence-corrected chi connectivity index (χ3v) is 2.78. The SMILES string of the molecule is C=CCC(N)C(=O)NC1(C)CCOCC1. The lowest BCUT2D eigenvalue weighted by Crippen LogP contribution is -2.54. The number of nitrogens with one attached hydrogen (secondary N) is 1. The van der Waals surface area contributed by atoms with E-state index in [9.17, 15) is 4.79 Å². The summed E-state index contributed by atoms with van der Waals surface area (Å²) in [6.07, 6.45) is 3.87. The van der Waals surface area contributed by atoms with Crippen LogP contribution < -0.4 is 11.1 Å². The normalized spacial score (nSPS) is 21.7. The molecule has 1 fully saturated rings.